The van der Waals surface area contributed by atoms with Crippen LogP contribution in [0.15, 0.2) is 28.7 Å². The van der Waals surface area contributed by atoms with Gasteiger partial charge in [-0.15, -0.1) is 0 Å². The fraction of sp³-hybridized carbons (Fsp3) is 0.571. The molecule has 1 N–H and O–H groups in total. The minimum atomic E-state index is 0.258. The molecule has 0 saturated heterocycles. The van der Waals surface area contributed by atoms with Crippen LogP contribution in [0.1, 0.15) is 24.8 Å². The van der Waals surface area contributed by atoms with E-state index in [-0.39, 0.29) is 6.61 Å². The molecule has 0 aliphatic carbocycles. The lowest BCUT2D eigenvalue weighted by Crippen LogP contribution is -2.10. The number of hydrogen-bond donors (Lipinski definition) is 1. The summed E-state index contributed by atoms with van der Waals surface area (Å²) >= 11 is 3.55. The molecule has 96 valence electrons. The number of benzene rings is 1. The molecule has 0 amide bonds. The quantitative estimate of drug-likeness (QED) is 0.746. The van der Waals surface area contributed by atoms with Gasteiger partial charge in [-0.2, -0.15) is 0 Å². The molecule has 1 aromatic rings. The van der Waals surface area contributed by atoms with Crippen LogP contribution in [-0.2, 0) is 11.2 Å². The van der Waals surface area contributed by atoms with E-state index in [2.05, 4.69) is 28.1 Å². The number of aliphatic hydroxyl groups excluding tert-OH is 1. The Morgan fingerprint density at radius 3 is 2.71 bits per heavy atom. The molecule has 2 nitrogen and oxygen atoms in total. The zero-order valence-electron chi connectivity index (χ0n) is 10.4. The van der Waals surface area contributed by atoms with Crippen molar-refractivity contribution in [3.63, 3.8) is 0 Å². The SMILES string of the molecule is COCCCCC(CO)Cc1ccccc1Br. The van der Waals surface area contributed by atoms with Crippen molar-refractivity contribution in [2.45, 2.75) is 25.7 Å². The minimum absolute atomic E-state index is 0.258. The van der Waals surface area contributed by atoms with Crippen molar-refractivity contribution >= 4 is 15.9 Å². The van der Waals surface area contributed by atoms with Crippen molar-refractivity contribution in [3.8, 4) is 0 Å². The van der Waals surface area contributed by atoms with Crippen LogP contribution in [0.5, 0.6) is 0 Å². The van der Waals surface area contributed by atoms with Gasteiger partial charge < -0.3 is 9.84 Å². The van der Waals surface area contributed by atoms with Gasteiger partial charge in [0.05, 0.1) is 0 Å². The van der Waals surface area contributed by atoms with E-state index in [4.69, 9.17) is 4.74 Å². The number of halogens is 1. The highest BCUT2D eigenvalue weighted by atomic mass is 79.9. The van der Waals surface area contributed by atoms with Crippen molar-refractivity contribution in [2.75, 3.05) is 20.3 Å². The van der Waals surface area contributed by atoms with Crippen molar-refractivity contribution in [2.24, 2.45) is 5.92 Å². The van der Waals surface area contributed by atoms with Gasteiger partial charge in [0.25, 0.3) is 0 Å². The number of methoxy groups -OCH3 is 1. The Morgan fingerprint density at radius 2 is 2.06 bits per heavy atom. The predicted octanol–water partition coefficient (Wildman–Crippen LogP) is 3.42. The van der Waals surface area contributed by atoms with E-state index in [9.17, 15) is 5.11 Å². The fourth-order valence-corrected chi connectivity index (χ4v) is 2.36. The zero-order valence-corrected chi connectivity index (χ0v) is 11.9. The van der Waals surface area contributed by atoms with Gasteiger partial charge in [0, 0.05) is 24.8 Å². The average Bonchev–Trinajstić information content (AvgIpc) is 2.35. The van der Waals surface area contributed by atoms with Crippen LogP contribution in [0.3, 0.4) is 0 Å². The molecule has 3 heteroatoms. The summed E-state index contributed by atoms with van der Waals surface area (Å²) in [4.78, 5) is 0. The monoisotopic (exact) mass is 300 g/mol. The maximum absolute atomic E-state index is 9.39. The van der Waals surface area contributed by atoms with E-state index in [0.29, 0.717) is 5.92 Å². The summed E-state index contributed by atoms with van der Waals surface area (Å²) in [6.45, 7) is 1.07. The van der Waals surface area contributed by atoms with Gasteiger partial charge in [-0.1, -0.05) is 40.5 Å². The van der Waals surface area contributed by atoms with E-state index >= 15 is 0 Å². The molecule has 0 fully saturated rings. The molecule has 1 rings (SSSR count). The van der Waals surface area contributed by atoms with Crippen molar-refractivity contribution in [3.05, 3.63) is 34.3 Å². The van der Waals surface area contributed by atoms with Crippen molar-refractivity contribution < 1.29 is 9.84 Å². The summed E-state index contributed by atoms with van der Waals surface area (Å²) in [5.74, 6) is 0.352. The first-order valence-electron chi connectivity index (χ1n) is 6.11. The third-order valence-electron chi connectivity index (χ3n) is 2.94. The lowest BCUT2D eigenvalue weighted by Gasteiger charge is -2.15. The van der Waals surface area contributed by atoms with Crippen LogP contribution in [-0.4, -0.2) is 25.4 Å². The Labute approximate surface area is 112 Å². The fourth-order valence-electron chi connectivity index (χ4n) is 1.91. The molecular weight excluding hydrogens is 280 g/mol. The second kappa shape index (κ2) is 8.67. The Morgan fingerprint density at radius 1 is 1.29 bits per heavy atom. The predicted molar refractivity (Wildman–Crippen MR) is 74.1 cm³/mol. The molecule has 17 heavy (non-hydrogen) atoms. The Balaban J connectivity index is 2.38. The van der Waals surface area contributed by atoms with Crippen LogP contribution in [0, 0.1) is 5.92 Å². The van der Waals surface area contributed by atoms with Gasteiger partial charge in [-0.25, -0.2) is 0 Å². The molecule has 1 aromatic carbocycles. The first kappa shape index (κ1) is 14.7. The highest BCUT2D eigenvalue weighted by Crippen LogP contribution is 2.21. The highest BCUT2D eigenvalue weighted by Gasteiger charge is 2.10. The summed E-state index contributed by atoms with van der Waals surface area (Å²) in [7, 11) is 1.73. The van der Waals surface area contributed by atoms with E-state index in [1.807, 2.05) is 12.1 Å². The molecule has 1 unspecified atom stereocenters. The van der Waals surface area contributed by atoms with Gasteiger partial charge in [0.2, 0.25) is 0 Å². The molecule has 0 radical (unpaired) electrons. The molecule has 0 spiro atoms. The van der Waals surface area contributed by atoms with Crippen LogP contribution in [0.25, 0.3) is 0 Å². The molecule has 0 saturated carbocycles. The summed E-state index contributed by atoms with van der Waals surface area (Å²) in [6.07, 6.45) is 4.18. The lowest BCUT2D eigenvalue weighted by molar-refractivity contribution is 0.181. The Bertz CT molecular complexity index is 315. The van der Waals surface area contributed by atoms with E-state index in [1.165, 1.54) is 5.56 Å². The molecule has 0 aliphatic heterocycles. The molecule has 0 aromatic heterocycles. The van der Waals surface area contributed by atoms with Gasteiger partial charge in [-0.05, 0) is 36.8 Å². The van der Waals surface area contributed by atoms with Crippen LogP contribution in [0.2, 0.25) is 0 Å². The van der Waals surface area contributed by atoms with Gasteiger partial charge in [-0.3, -0.25) is 0 Å². The van der Waals surface area contributed by atoms with Crippen LogP contribution in [0.4, 0.5) is 0 Å². The van der Waals surface area contributed by atoms with Crippen molar-refractivity contribution in [1.29, 1.82) is 0 Å². The number of ether oxygens (including phenoxy) is 1. The zero-order chi connectivity index (χ0) is 12.5. The van der Waals surface area contributed by atoms with Gasteiger partial charge in [0.15, 0.2) is 0 Å². The minimum Gasteiger partial charge on any atom is -0.396 e. The number of unbranched alkanes of at least 4 members (excludes halogenated alkanes) is 1. The third kappa shape index (κ3) is 5.66. The normalized spacial score (nSPS) is 12.6. The summed E-state index contributed by atoms with van der Waals surface area (Å²) in [6, 6.07) is 8.22. The van der Waals surface area contributed by atoms with Crippen LogP contribution < -0.4 is 0 Å². The van der Waals surface area contributed by atoms with Crippen molar-refractivity contribution in [1.82, 2.24) is 0 Å². The molecule has 0 aliphatic rings. The summed E-state index contributed by atoms with van der Waals surface area (Å²) < 4.78 is 6.16. The maximum atomic E-state index is 9.39. The third-order valence-corrected chi connectivity index (χ3v) is 3.71. The molecular formula is C14H21BrO2. The first-order valence-corrected chi connectivity index (χ1v) is 6.90. The highest BCUT2D eigenvalue weighted by molar-refractivity contribution is 9.10. The first-order chi connectivity index (χ1) is 8.27. The van der Waals surface area contributed by atoms with E-state index < -0.39 is 0 Å². The number of aliphatic hydroxyl groups is 1. The van der Waals surface area contributed by atoms with Gasteiger partial charge in [0.1, 0.15) is 0 Å². The van der Waals surface area contributed by atoms with E-state index in [0.717, 1.165) is 36.8 Å². The van der Waals surface area contributed by atoms with Crippen LogP contribution >= 0.6 is 15.9 Å². The Kier molecular flexibility index (Phi) is 7.49. The summed E-state index contributed by atoms with van der Waals surface area (Å²) in [5.41, 5.74) is 1.28. The molecule has 0 bridgehead atoms. The number of hydrogen-bond acceptors (Lipinski definition) is 2. The smallest absolute Gasteiger partial charge is 0.0462 e. The second-order valence-electron chi connectivity index (χ2n) is 4.33. The standard InChI is InChI=1S/C14H21BrO2/c1-17-9-5-4-6-12(11-16)10-13-7-2-3-8-14(13)15/h2-3,7-8,12,16H,4-6,9-11H2,1H3. The number of rotatable bonds is 8. The molecule has 1 atom stereocenters. The van der Waals surface area contributed by atoms with Gasteiger partial charge >= 0.3 is 0 Å². The maximum Gasteiger partial charge on any atom is 0.0462 e. The van der Waals surface area contributed by atoms with E-state index in [1.54, 1.807) is 7.11 Å². The Hall–Kier alpha value is -0.380. The topological polar surface area (TPSA) is 29.5 Å². The largest absolute Gasteiger partial charge is 0.396 e. The molecule has 0 heterocycles. The summed E-state index contributed by atoms with van der Waals surface area (Å²) in [5, 5.41) is 9.39. The second-order valence-corrected chi connectivity index (χ2v) is 5.19. The lowest BCUT2D eigenvalue weighted by atomic mass is 9.95. The average molecular weight is 301 g/mol.